The van der Waals surface area contributed by atoms with Gasteiger partial charge in [0, 0.05) is 24.0 Å². The fraction of sp³-hybridized carbons (Fsp3) is 0.0930. The number of hydrogen-bond donors (Lipinski definition) is 1. The van der Waals surface area contributed by atoms with Crippen LogP contribution < -0.4 is 0 Å². The zero-order valence-electron chi connectivity index (χ0n) is 27.0. The highest BCUT2D eigenvalue weighted by Crippen LogP contribution is 2.42. The summed E-state index contributed by atoms with van der Waals surface area (Å²) in [4.78, 5) is 8.65. The monoisotopic (exact) mass is 597 g/mol. The van der Waals surface area contributed by atoms with Crippen molar-refractivity contribution >= 4 is 49.9 Å². The highest BCUT2D eigenvalue weighted by atomic mass is 14.6. The van der Waals surface area contributed by atoms with Gasteiger partial charge in [0.15, 0.2) is 0 Å². The van der Waals surface area contributed by atoms with Gasteiger partial charge in [0.2, 0.25) is 0 Å². The van der Waals surface area contributed by atoms with Gasteiger partial charge in [-0.2, -0.15) is 0 Å². The quantitative estimate of drug-likeness (QED) is 0.125. The molecule has 0 saturated heterocycles. The molecule has 46 heavy (non-hydrogen) atoms. The van der Waals surface area contributed by atoms with Crippen LogP contribution in [0.25, 0.3) is 76.6 Å². The van der Waals surface area contributed by atoms with E-state index in [0.717, 1.165) is 10.9 Å². The van der Waals surface area contributed by atoms with Gasteiger partial charge in [0.25, 0.3) is 0 Å². The molecule has 0 spiro atoms. The van der Waals surface area contributed by atoms with E-state index in [1.807, 2.05) is 64.5 Å². The third-order valence-electron chi connectivity index (χ3n) is 8.12. The average Bonchev–Trinajstić information content (AvgIpc) is 3.15. The lowest BCUT2D eigenvalue weighted by Gasteiger charge is -2.17. The first-order valence-electron chi connectivity index (χ1n) is 15.7. The van der Waals surface area contributed by atoms with E-state index in [1.54, 1.807) is 0 Å². The second-order valence-electron chi connectivity index (χ2n) is 10.5. The summed E-state index contributed by atoms with van der Waals surface area (Å²) in [6.07, 6.45) is 9.53. The van der Waals surface area contributed by atoms with Crippen molar-refractivity contribution in [3.8, 4) is 33.4 Å². The highest BCUT2D eigenvalue weighted by molar-refractivity contribution is 6.27. The van der Waals surface area contributed by atoms with Crippen LogP contribution in [0.15, 0.2) is 146 Å². The molecule has 6 aromatic carbocycles. The van der Waals surface area contributed by atoms with Gasteiger partial charge in [-0.1, -0.05) is 111 Å². The Labute approximate surface area is 271 Å². The first-order chi connectivity index (χ1) is 22.7. The average molecular weight is 598 g/mol. The zero-order valence-corrected chi connectivity index (χ0v) is 27.0. The summed E-state index contributed by atoms with van der Waals surface area (Å²) in [5.41, 5.74) is 8.36. The van der Waals surface area contributed by atoms with Crippen molar-refractivity contribution in [3.63, 3.8) is 0 Å². The standard InChI is InChI=1S/C36H22N2.C4H8.C2H6.CH3N/c1-2-29-22-28(11-16-34(29)38-19-1)31-13-10-27-8-7-26-9-12-30(32-14-15-33(31)36(27)35(26)32)25-5-3-23(4-6-25)24-17-20-37-21-18-24;1-3-4-2;2*1-2/h1-22H;3-4H,1-2H3;1-2H3;2H,1H2/b;4-3-;;. The van der Waals surface area contributed by atoms with Crippen LogP contribution >= 0.6 is 0 Å². The van der Waals surface area contributed by atoms with Gasteiger partial charge in [-0.25, -0.2) is 0 Å². The van der Waals surface area contributed by atoms with E-state index in [2.05, 4.69) is 126 Å². The third-order valence-corrected chi connectivity index (χ3v) is 8.12. The van der Waals surface area contributed by atoms with Gasteiger partial charge >= 0.3 is 0 Å². The molecule has 3 heteroatoms. The van der Waals surface area contributed by atoms with Gasteiger partial charge in [-0.3, -0.25) is 9.97 Å². The summed E-state index contributed by atoms with van der Waals surface area (Å²) in [5, 5.41) is 14.4. The minimum atomic E-state index is 1.02. The SMILES string of the molecule is C/C=C\C.C=N.CC.c1cnc2ccc(-c3ccc4ccc5ccc(-c6ccc(-c7ccncc7)cc6)c6ccc3c4c56)cc2c1. The molecule has 3 nitrogen and oxygen atoms in total. The number of rotatable bonds is 3. The van der Waals surface area contributed by atoms with E-state index in [4.69, 9.17) is 5.41 Å². The first kappa shape index (κ1) is 31.7. The summed E-state index contributed by atoms with van der Waals surface area (Å²) in [6.45, 7) is 10.5. The first-order valence-corrected chi connectivity index (χ1v) is 15.7. The van der Waals surface area contributed by atoms with Crippen molar-refractivity contribution in [1.29, 1.82) is 5.41 Å². The number of nitrogens with one attached hydrogen (secondary N) is 1. The third kappa shape index (κ3) is 6.13. The predicted molar refractivity (Wildman–Crippen MR) is 201 cm³/mol. The van der Waals surface area contributed by atoms with Crippen LogP contribution in [0.1, 0.15) is 27.7 Å². The van der Waals surface area contributed by atoms with Crippen molar-refractivity contribution in [3.05, 3.63) is 146 Å². The molecule has 0 aliphatic rings. The number of benzene rings is 6. The maximum atomic E-state index is 5.50. The van der Waals surface area contributed by atoms with Crippen molar-refractivity contribution in [2.75, 3.05) is 0 Å². The molecule has 2 aromatic heterocycles. The molecule has 8 rings (SSSR count). The second-order valence-corrected chi connectivity index (χ2v) is 10.5. The minimum Gasteiger partial charge on any atom is -0.317 e. The highest BCUT2D eigenvalue weighted by Gasteiger charge is 2.15. The molecule has 8 aromatic rings. The molecular weight excluding hydrogens is 558 g/mol. The van der Waals surface area contributed by atoms with E-state index in [-0.39, 0.29) is 0 Å². The van der Waals surface area contributed by atoms with Crippen molar-refractivity contribution in [2.45, 2.75) is 27.7 Å². The lowest BCUT2D eigenvalue weighted by molar-refractivity contribution is 1.33. The Balaban J connectivity index is 0.000000478. The van der Waals surface area contributed by atoms with E-state index < -0.39 is 0 Å². The molecule has 0 saturated carbocycles. The summed E-state index contributed by atoms with van der Waals surface area (Å²) >= 11 is 0. The Kier molecular flexibility index (Phi) is 10.3. The predicted octanol–water partition coefficient (Wildman–Crippen LogP) is 12.4. The number of hydrogen-bond acceptors (Lipinski definition) is 3. The Morgan fingerprint density at radius 2 is 1.00 bits per heavy atom. The maximum absolute atomic E-state index is 5.50. The molecular formula is C43H39N3. The van der Waals surface area contributed by atoms with Crippen LogP contribution in [0.3, 0.4) is 0 Å². The maximum Gasteiger partial charge on any atom is 0.0702 e. The Morgan fingerprint density at radius 3 is 1.59 bits per heavy atom. The van der Waals surface area contributed by atoms with Gasteiger partial charge < -0.3 is 5.41 Å². The fourth-order valence-electron chi connectivity index (χ4n) is 5.93. The van der Waals surface area contributed by atoms with E-state index in [9.17, 15) is 0 Å². The lowest BCUT2D eigenvalue weighted by Crippen LogP contribution is -1.90. The summed E-state index contributed by atoms with van der Waals surface area (Å²) < 4.78 is 0. The van der Waals surface area contributed by atoms with Crippen LogP contribution in [0, 0.1) is 5.41 Å². The number of allylic oxidation sites excluding steroid dienone is 2. The van der Waals surface area contributed by atoms with Crippen molar-refractivity contribution in [1.82, 2.24) is 9.97 Å². The van der Waals surface area contributed by atoms with Crippen LogP contribution in [0.5, 0.6) is 0 Å². The van der Waals surface area contributed by atoms with Crippen LogP contribution in [-0.4, -0.2) is 16.7 Å². The van der Waals surface area contributed by atoms with Gasteiger partial charge in [0.05, 0.1) is 5.52 Å². The zero-order chi connectivity index (χ0) is 32.5. The molecule has 0 fully saturated rings. The molecule has 0 radical (unpaired) electrons. The fourth-order valence-corrected chi connectivity index (χ4v) is 5.93. The Hall–Kier alpha value is -5.67. The topological polar surface area (TPSA) is 49.6 Å². The molecule has 226 valence electrons. The summed E-state index contributed by atoms with van der Waals surface area (Å²) in [6, 6.07) is 41.8. The number of aromatic nitrogens is 2. The lowest BCUT2D eigenvalue weighted by atomic mass is 9.87. The number of pyridine rings is 2. The smallest absolute Gasteiger partial charge is 0.0702 e. The molecule has 1 N–H and O–H groups in total. The van der Waals surface area contributed by atoms with E-state index >= 15 is 0 Å². The number of nitrogens with zero attached hydrogens (tertiary/aromatic N) is 2. The second kappa shape index (κ2) is 14.9. The normalized spacial score (nSPS) is 10.7. The molecule has 2 heterocycles. The molecule has 0 amide bonds. The molecule has 0 unspecified atom stereocenters. The summed E-state index contributed by atoms with van der Waals surface area (Å²) in [7, 11) is 0. The molecule has 0 atom stereocenters. The van der Waals surface area contributed by atoms with Gasteiger partial charge in [-0.15, -0.1) is 0 Å². The van der Waals surface area contributed by atoms with E-state index in [0.29, 0.717) is 0 Å². The van der Waals surface area contributed by atoms with Crippen molar-refractivity contribution < 1.29 is 0 Å². The Morgan fingerprint density at radius 1 is 0.500 bits per heavy atom. The van der Waals surface area contributed by atoms with Crippen molar-refractivity contribution in [2.24, 2.45) is 0 Å². The molecule has 0 bridgehead atoms. The molecule has 0 aliphatic carbocycles. The van der Waals surface area contributed by atoms with Crippen LogP contribution in [0.2, 0.25) is 0 Å². The van der Waals surface area contributed by atoms with Gasteiger partial charge in [-0.05, 0) is 117 Å². The molecule has 0 aliphatic heterocycles. The minimum absolute atomic E-state index is 1.02. The van der Waals surface area contributed by atoms with Gasteiger partial charge in [0.1, 0.15) is 0 Å². The largest absolute Gasteiger partial charge is 0.317 e. The summed E-state index contributed by atoms with van der Waals surface area (Å²) in [5.74, 6) is 0. The van der Waals surface area contributed by atoms with E-state index in [1.165, 1.54) is 65.7 Å². The number of fused-ring (bicyclic) bond motifs is 1. The van der Waals surface area contributed by atoms with Crippen LogP contribution in [-0.2, 0) is 0 Å². The van der Waals surface area contributed by atoms with Crippen LogP contribution in [0.4, 0.5) is 0 Å². The Bertz CT molecular complexity index is 2210.